The molecule has 3 rings (SSSR count). The van der Waals surface area contributed by atoms with E-state index >= 15 is 0 Å². The minimum atomic E-state index is -0.848. The van der Waals surface area contributed by atoms with Crippen LogP contribution in [0.15, 0.2) is 57.4 Å². The highest BCUT2D eigenvalue weighted by Crippen LogP contribution is 2.24. The van der Waals surface area contributed by atoms with Crippen LogP contribution in [0.4, 0.5) is 10.1 Å². The molecule has 0 saturated carbocycles. The maximum atomic E-state index is 13.7. The number of hydrogen-bond acceptors (Lipinski definition) is 7. The van der Waals surface area contributed by atoms with Crippen molar-refractivity contribution in [2.75, 3.05) is 0 Å². The van der Waals surface area contributed by atoms with E-state index < -0.39 is 22.8 Å². The molecule has 3 aromatic rings. The number of carbonyl (C=O) groups is 1. The number of rotatable bonds is 6. The standard InChI is InChI=1S/C19H13BrFN3O5/c1-11(28-17(25)9-4-13-10-14(20)5-8-16(13)21)18-22-23-19(29-18)12-2-6-15(7-3-12)24(26)27/h2-11H,1H3/b9-4+. The van der Waals surface area contributed by atoms with Crippen molar-refractivity contribution in [1.82, 2.24) is 10.2 Å². The van der Waals surface area contributed by atoms with Gasteiger partial charge in [-0.1, -0.05) is 15.9 Å². The van der Waals surface area contributed by atoms with Gasteiger partial charge < -0.3 is 9.15 Å². The maximum Gasteiger partial charge on any atom is 0.331 e. The predicted molar refractivity (Wildman–Crippen MR) is 104 cm³/mol. The highest BCUT2D eigenvalue weighted by molar-refractivity contribution is 9.10. The lowest BCUT2D eigenvalue weighted by atomic mass is 10.2. The first-order valence-corrected chi connectivity index (χ1v) is 9.05. The van der Waals surface area contributed by atoms with E-state index in [9.17, 15) is 19.3 Å². The van der Waals surface area contributed by atoms with Crippen LogP contribution in [0.2, 0.25) is 0 Å². The van der Waals surface area contributed by atoms with Gasteiger partial charge in [0.25, 0.3) is 11.6 Å². The van der Waals surface area contributed by atoms with Crippen LogP contribution in [0.25, 0.3) is 17.5 Å². The summed E-state index contributed by atoms with van der Waals surface area (Å²) in [5, 5.41) is 18.4. The first-order valence-electron chi connectivity index (χ1n) is 8.25. The Kier molecular flexibility index (Phi) is 6.13. The largest absolute Gasteiger partial charge is 0.449 e. The Bertz CT molecular complexity index is 1080. The molecule has 0 saturated heterocycles. The molecule has 0 aliphatic heterocycles. The number of benzene rings is 2. The summed E-state index contributed by atoms with van der Waals surface area (Å²) in [6, 6.07) is 9.92. The lowest BCUT2D eigenvalue weighted by molar-refractivity contribution is -0.384. The van der Waals surface area contributed by atoms with E-state index in [2.05, 4.69) is 26.1 Å². The lowest BCUT2D eigenvalue weighted by Gasteiger charge is -2.06. The summed E-state index contributed by atoms with van der Waals surface area (Å²) in [6.07, 6.45) is 1.54. The van der Waals surface area contributed by atoms with E-state index in [1.807, 2.05) is 0 Å². The molecule has 29 heavy (non-hydrogen) atoms. The molecule has 2 aromatic carbocycles. The number of nitro groups is 1. The molecule has 1 aromatic heterocycles. The number of halogens is 2. The topological polar surface area (TPSA) is 108 Å². The Labute approximate surface area is 172 Å². The summed E-state index contributed by atoms with van der Waals surface area (Å²) < 4.78 is 25.0. The molecule has 0 bridgehead atoms. The molecular formula is C19H13BrFN3O5. The number of non-ortho nitro benzene ring substituents is 1. The van der Waals surface area contributed by atoms with Crippen LogP contribution in [-0.4, -0.2) is 21.1 Å². The number of aromatic nitrogens is 2. The first-order chi connectivity index (χ1) is 13.8. The maximum absolute atomic E-state index is 13.7. The van der Waals surface area contributed by atoms with Gasteiger partial charge >= 0.3 is 5.97 Å². The highest BCUT2D eigenvalue weighted by atomic mass is 79.9. The van der Waals surface area contributed by atoms with Crippen molar-refractivity contribution in [3.63, 3.8) is 0 Å². The fraction of sp³-hybridized carbons (Fsp3) is 0.105. The van der Waals surface area contributed by atoms with E-state index in [-0.39, 0.29) is 23.0 Å². The van der Waals surface area contributed by atoms with Gasteiger partial charge in [-0.2, -0.15) is 0 Å². The summed E-state index contributed by atoms with van der Waals surface area (Å²) in [7, 11) is 0. The van der Waals surface area contributed by atoms with E-state index in [4.69, 9.17) is 9.15 Å². The van der Waals surface area contributed by atoms with Crippen LogP contribution in [0.3, 0.4) is 0 Å². The zero-order chi connectivity index (χ0) is 21.0. The molecule has 0 spiro atoms. The van der Waals surface area contributed by atoms with Crippen LogP contribution >= 0.6 is 15.9 Å². The second-order valence-corrected chi connectivity index (χ2v) is 6.74. The molecule has 0 radical (unpaired) electrons. The van der Waals surface area contributed by atoms with Gasteiger partial charge in [-0.15, -0.1) is 10.2 Å². The molecule has 1 heterocycles. The molecule has 148 valence electrons. The molecule has 0 amide bonds. The third-order valence-corrected chi connectivity index (χ3v) is 4.26. The first kappa shape index (κ1) is 20.3. The summed E-state index contributed by atoms with van der Waals surface area (Å²) in [6.45, 7) is 1.54. The average molecular weight is 462 g/mol. The van der Waals surface area contributed by atoms with Gasteiger partial charge in [-0.25, -0.2) is 9.18 Å². The normalized spacial score (nSPS) is 12.1. The fourth-order valence-corrected chi connectivity index (χ4v) is 2.68. The Balaban J connectivity index is 1.66. The van der Waals surface area contributed by atoms with Crippen LogP contribution in [0, 0.1) is 15.9 Å². The van der Waals surface area contributed by atoms with Gasteiger partial charge in [-0.05, 0) is 43.3 Å². The molecule has 0 N–H and O–H groups in total. The minimum Gasteiger partial charge on any atom is -0.449 e. The van der Waals surface area contributed by atoms with Crippen molar-refractivity contribution in [2.45, 2.75) is 13.0 Å². The Hall–Kier alpha value is -3.40. The van der Waals surface area contributed by atoms with Gasteiger partial charge in [0.1, 0.15) is 5.82 Å². The molecule has 0 aliphatic carbocycles. The SMILES string of the molecule is CC(OC(=O)/C=C/c1cc(Br)ccc1F)c1nnc(-c2ccc([N+](=O)[O-])cc2)o1. The smallest absolute Gasteiger partial charge is 0.331 e. The summed E-state index contributed by atoms with van der Waals surface area (Å²) in [4.78, 5) is 22.2. The van der Waals surface area contributed by atoms with Crippen molar-refractivity contribution in [1.29, 1.82) is 0 Å². The van der Waals surface area contributed by atoms with Crippen molar-refractivity contribution in [3.05, 3.63) is 80.4 Å². The van der Waals surface area contributed by atoms with E-state index in [1.54, 1.807) is 13.0 Å². The van der Waals surface area contributed by atoms with Crippen LogP contribution < -0.4 is 0 Å². The van der Waals surface area contributed by atoms with Gasteiger partial charge in [0.2, 0.25) is 5.89 Å². The van der Waals surface area contributed by atoms with Gasteiger partial charge in [0, 0.05) is 33.8 Å². The molecule has 1 atom stereocenters. The molecule has 10 heteroatoms. The number of hydrogen-bond donors (Lipinski definition) is 0. The number of nitro benzene ring substituents is 1. The third kappa shape index (κ3) is 5.11. The zero-order valence-corrected chi connectivity index (χ0v) is 16.5. The molecular weight excluding hydrogens is 449 g/mol. The predicted octanol–water partition coefficient (Wildman–Crippen LogP) is 4.86. The van der Waals surface area contributed by atoms with Crippen molar-refractivity contribution >= 4 is 33.7 Å². The Morgan fingerprint density at radius 1 is 1.28 bits per heavy atom. The minimum absolute atomic E-state index is 0.0498. The number of carbonyl (C=O) groups excluding carboxylic acids is 1. The van der Waals surface area contributed by atoms with Crippen LogP contribution in [0.1, 0.15) is 24.5 Å². The van der Waals surface area contributed by atoms with E-state index in [0.717, 1.165) is 6.08 Å². The molecule has 1 unspecified atom stereocenters. The van der Waals surface area contributed by atoms with Gasteiger partial charge in [0.15, 0.2) is 6.10 Å². The monoisotopic (exact) mass is 461 g/mol. The number of nitrogens with zero attached hydrogens (tertiary/aromatic N) is 3. The quantitative estimate of drug-likeness (QED) is 0.223. The van der Waals surface area contributed by atoms with Crippen LogP contribution in [-0.2, 0) is 9.53 Å². The van der Waals surface area contributed by atoms with Gasteiger partial charge in [-0.3, -0.25) is 10.1 Å². The van der Waals surface area contributed by atoms with E-state index in [0.29, 0.717) is 10.0 Å². The average Bonchev–Trinajstić information content (AvgIpc) is 3.19. The molecule has 0 aliphatic rings. The number of esters is 1. The lowest BCUT2D eigenvalue weighted by Crippen LogP contribution is -2.06. The van der Waals surface area contributed by atoms with Gasteiger partial charge in [0.05, 0.1) is 4.92 Å². The highest BCUT2D eigenvalue weighted by Gasteiger charge is 2.18. The van der Waals surface area contributed by atoms with Crippen LogP contribution in [0.5, 0.6) is 0 Å². The van der Waals surface area contributed by atoms with Crippen molar-refractivity contribution in [3.8, 4) is 11.5 Å². The zero-order valence-electron chi connectivity index (χ0n) is 14.9. The number of ether oxygens (including phenoxy) is 1. The summed E-state index contributed by atoms with van der Waals surface area (Å²) >= 11 is 3.23. The summed E-state index contributed by atoms with van der Waals surface area (Å²) in [5.41, 5.74) is 0.643. The molecule has 0 fully saturated rings. The Morgan fingerprint density at radius 3 is 2.69 bits per heavy atom. The Morgan fingerprint density at radius 2 is 2.00 bits per heavy atom. The van der Waals surface area contributed by atoms with E-state index in [1.165, 1.54) is 42.5 Å². The fourth-order valence-electron chi connectivity index (χ4n) is 2.31. The third-order valence-electron chi connectivity index (χ3n) is 3.76. The van der Waals surface area contributed by atoms with Crippen molar-refractivity contribution < 1.29 is 23.3 Å². The van der Waals surface area contributed by atoms with Crippen molar-refractivity contribution in [2.24, 2.45) is 0 Å². The second-order valence-electron chi connectivity index (χ2n) is 5.83. The summed E-state index contributed by atoms with van der Waals surface area (Å²) in [5.74, 6) is -1.01. The second kappa shape index (κ2) is 8.74. The molecule has 8 nitrogen and oxygen atoms in total.